The maximum atomic E-state index is 13.1. The van der Waals surface area contributed by atoms with Gasteiger partial charge in [0.05, 0.1) is 23.7 Å². The van der Waals surface area contributed by atoms with Crippen LogP contribution in [0.1, 0.15) is 41.7 Å². The molecule has 0 bridgehead atoms. The van der Waals surface area contributed by atoms with Crippen molar-refractivity contribution in [3.63, 3.8) is 0 Å². The number of nitrogens with one attached hydrogen (secondary N) is 2. The lowest BCUT2D eigenvalue weighted by molar-refractivity contribution is -0.132. The van der Waals surface area contributed by atoms with Crippen LogP contribution in [0.15, 0.2) is 54.6 Å². The molecule has 37 heavy (non-hydrogen) atoms. The lowest BCUT2D eigenvalue weighted by Crippen LogP contribution is -2.46. The van der Waals surface area contributed by atoms with Gasteiger partial charge in [0.25, 0.3) is 5.91 Å². The number of anilines is 2. The van der Waals surface area contributed by atoms with E-state index in [9.17, 15) is 14.9 Å². The van der Waals surface area contributed by atoms with Gasteiger partial charge in [0.1, 0.15) is 6.04 Å². The van der Waals surface area contributed by atoms with E-state index in [2.05, 4.69) is 21.6 Å². The van der Waals surface area contributed by atoms with Crippen molar-refractivity contribution in [3.05, 3.63) is 65.9 Å². The fraction of sp³-hybridized carbons (Fsp3) is 0.379. The first-order valence-electron chi connectivity index (χ1n) is 13.0. The number of likely N-dealkylation sites (tertiary alicyclic amines) is 2. The maximum Gasteiger partial charge on any atom is 0.257 e. The number of benzene rings is 2. The van der Waals surface area contributed by atoms with Gasteiger partial charge in [-0.15, -0.1) is 0 Å². The minimum Gasteiger partial charge on any atom is -0.382 e. The molecule has 8 nitrogen and oxygen atoms in total. The molecule has 0 saturated carbocycles. The molecule has 0 radical (unpaired) electrons. The van der Waals surface area contributed by atoms with Crippen LogP contribution < -0.4 is 10.6 Å². The third-order valence-electron chi connectivity index (χ3n) is 7.30. The molecule has 1 atom stereocenters. The van der Waals surface area contributed by atoms with Gasteiger partial charge < -0.3 is 15.5 Å². The molecule has 2 amide bonds. The molecule has 2 aliphatic heterocycles. The van der Waals surface area contributed by atoms with Gasteiger partial charge >= 0.3 is 0 Å². The van der Waals surface area contributed by atoms with Crippen molar-refractivity contribution < 1.29 is 9.59 Å². The molecule has 3 aromatic rings. The number of pyridine rings is 1. The van der Waals surface area contributed by atoms with Gasteiger partial charge in [-0.2, -0.15) is 5.26 Å². The Morgan fingerprint density at radius 2 is 1.81 bits per heavy atom. The summed E-state index contributed by atoms with van der Waals surface area (Å²) < 4.78 is 0. The van der Waals surface area contributed by atoms with E-state index in [1.165, 1.54) is 0 Å². The van der Waals surface area contributed by atoms with Crippen molar-refractivity contribution in [2.45, 2.75) is 44.7 Å². The Bertz CT molecular complexity index is 1330. The van der Waals surface area contributed by atoms with Crippen molar-refractivity contribution >= 4 is 34.1 Å². The zero-order chi connectivity index (χ0) is 25.8. The van der Waals surface area contributed by atoms with E-state index in [4.69, 9.17) is 4.98 Å². The molecular weight excluding hydrogens is 464 g/mol. The number of hydrogen-bond acceptors (Lipinski definition) is 6. The quantitative estimate of drug-likeness (QED) is 0.531. The molecule has 2 saturated heterocycles. The average molecular weight is 497 g/mol. The van der Waals surface area contributed by atoms with Crippen molar-refractivity contribution in [2.75, 3.05) is 36.8 Å². The van der Waals surface area contributed by atoms with Gasteiger partial charge in [0.2, 0.25) is 5.91 Å². The van der Waals surface area contributed by atoms with Crippen LogP contribution in [0.5, 0.6) is 0 Å². The second kappa shape index (κ2) is 11.0. The summed E-state index contributed by atoms with van der Waals surface area (Å²) in [6, 6.07) is 19.5. The highest BCUT2D eigenvalue weighted by Crippen LogP contribution is 2.29. The van der Waals surface area contributed by atoms with E-state index in [1.54, 1.807) is 4.90 Å². The Balaban J connectivity index is 1.25. The van der Waals surface area contributed by atoms with Crippen LogP contribution in [-0.2, 0) is 4.79 Å². The molecule has 8 heteroatoms. The summed E-state index contributed by atoms with van der Waals surface area (Å²) >= 11 is 0. The van der Waals surface area contributed by atoms with E-state index in [0.29, 0.717) is 24.2 Å². The van der Waals surface area contributed by atoms with Crippen LogP contribution in [0.2, 0.25) is 0 Å². The van der Waals surface area contributed by atoms with Crippen LogP contribution in [0, 0.1) is 18.3 Å². The number of rotatable bonds is 6. The number of para-hydroxylation sites is 1. The zero-order valence-corrected chi connectivity index (χ0v) is 21.1. The molecule has 0 unspecified atom stereocenters. The molecule has 0 spiro atoms. The highest BCUT2D eigenvalue weighted by molar-refractivity contribution is 6.13. The number of aryl methyl sites for hydroxylation is 1. The van der Waals surface area contributed by atoms with Gasteiger partial charge in [0.15, 0.2) is 0 Å². The summed E-state index contributed by atoms with van der Waals surface area (Å²) in [4.78, 5) is 34.4. The third kappa shape index (κ3) is 5.57. The van der Waals surface area contributed by atoms with Crippen molar-refractivity contribution in [1.29, 1.82) is 5.26 Å². The molecule has 2 aliphatic rings. The predicted octanol–water partition coefficient (Wildman–Crippen LogP) is 4.19. The monoisotopic (exact) mass is 496 g/mol. The molecule has 2 fully saturated rings. The van der Waals surface area contributed by atoms with Gasteiger partial charge in [0, 0.05) is 48.1 Å². The number of fused-ring (bicyclic) bond motifs is 1. The first kappa shape index (κ1) is 24.7. The Labute approximate surface area is 217 Å². The summed E-state index contributed by atoms with van der Waals surface area (Å²) in [5.41, 5.74) is 3.78. The lowest BCUT2D eigenvalue weighted by Gasteiger charge is -2.33. The largest absolute Gasteiger partial charge is 0.382 e. The lowest BCUT2D eigenvalue weighted by atomic mass is 10.0. The number of carbonyl (C=O) groups excluding carboxylic acids is 2. The number of hydrogen-bond donors (Lipinski definition) is 2. The topological polar surface area (TPSA) is 101 Å². The fourth-order valence-corrected chi connectivity index (χ4v) is 5.28. The Hall–Kier alpha value is -3.96. The third-order valence-corrected chi connectivity index (χ3v) is 7.30. The van der Waals surface area contributed by atoms with Crippen LogP contribution in [-0.4, -0.2) is 64.9 Å². The van der Waals surface area contributed by atoms with Crippen LogP contribution in [0.4, 0.5) is 11.4 Å². The number of nitrogens with zero attached hydrogens (tertiary/aromatic N) is 4. The maximum absolute atomic E-state index is 13.1. The van der Waals surface area contributed by atoms with Crippen molar-refractivity contribution in [2.24, 2.45) is 0 Å². The number of aromatic nitrogens is 1. The standard InChI is InChI=1S/C29H32N6O2/c1-20-9-10-24-26(12-11-25(28(24)31-20)29(37)33-21-6-3-2-4-7-21)32-22-13-16-34(17-14-22)19-27(36)35-15-5-8-23(35)18-30/h2-4,6-7,9-12,22-23,32H,5,8,13-17,19H2,1H3,(H,33,37)/t23-/m0/s1. The van der Waals surface area contributed by atoms with E-state index in [-0.39, 0.29) is 23.9 Å². The molecule has 0 aliphatic carbocycles. The summed E-state index contributed by atoms with van der Waals surface area (Å²) in [5, 5.41) is 16.8. The highest BCUT2D eigenvalue weighted by atomic mass is 16.2. The second-order valence-electron chi connectivity index (χ2n) is 9.90. The van der Waals surface area contributed by atoms with Crippen molar-refractivity contribution in [3.8, 4) is 6.07 Å². The summed E-state index contributed by atoms with van der Waals surface area (Å²) in [5.74, 6) is -0.122. The van der Waals surface area contributed by atoms with Crippen LogP contribution in [0.25, 0.3) is 10.9 Å². The predicted molar refractivity (Wildman–Crippen MR) is 144 cm³/mol. The second-order valence-corrected chi connectivity index (χ2v) is 9.90. The summed E-state index contributed by atoms with van der Waals surface area (Å²) in [6.07, 6.45) is 3.51. The molecule has 2 N–H and O–H groups in total. The van der Waals surface area contributed by atoms with E-state index in [0.717, 1.165) is 61.2 Å². The molecule has 2 aromatic carbocycles. The highest BCUT2D eigenvalue weighted by Gasteiger charge is 2.30. The molecule has 190 valence electrons. The van der Waals surface area contributed by atoms with Gasteiger partial charge in [-0.3, -0.25) is 19.5 Å². The normalized spacial score (nSPS) is 18.5. The number of piperidine rings is 1. The van der Waals surface area contributed by atoms with E-state index in [1.807, 2.05) is 61.5 Å². The van der Waals surface area contributed by atoms with Gasteiger partial charge in [-0.1, -0.05) is 18.2 Å². The van der Waals surface area contributed by atoms with Gasteiger partial charge in [-0.05, 0) is 69.0 Å². The van der Waals surface area contributed by atoms with Crippen molar-refractivity contribution in [1.82, 2.24) is 14.8 Å². The summed E-state index contributed by atoms with van der Waals surface area (Å²) in [7, 11) is 0. The zero-order valence-electron chi connectivity index (χ0n) is 21.1. The van der Waals surface area contributed by atoms with E-state index >= 15 is 0 Å². The fourth-order valence-electron chi connectivity index (χ4n) is 5.28. The first-order chi connectivity index (χ1) is 18.0. The SMILES string of the molecule is Cc1ccc2c(NC3CCN(CC(=O)N4CCC[C@H]4C#N)CC3)ccc(C(=O)Nc3ccccc3)c2n1. The molecule has 1 aromatic heterocycles. The van der Waals surface area contributed by atoms with Crippen LogP contribution >= 0.6 is 0 Å². The molecule has 5 rings (SSSR count). The van der Waals surface area contributed by atoms with Crippen LogP contribution in [0.3, 0.4) is 0 Å². The summed E-state index contributed by atoms with van der Waals surface area (Å²) in [6.45, 7) is 4.64. The minimum atomic E-state index is -0.269. The average Bonchev–Trinajstić information content (AvgIpc) is 3.39. The Kier molecular flexibility index (Phi) is 7.33. The minimum absolute atomic E-state index is 0.0623. The Morgan fingerprint density at radius 3 is 2.57 bits per heavy atom. The number of carbonyl (C=O) groups is 2. The number of nitriles is 1. The smallest absolute Gasteiger partial charge is 0.257 e. The Morgan fingerprint density at radius 1 is 1.03 bits per heavy atom. The number of amides is 2. The molecule has 3 heterocycles. The van der Waals surface area contributed by atoms with E-state index < -0.39 is 0 Å². The first-order valence-corrected chi connectivity index (χ1v) is 13.0. The molecular formula is C29H32N6O2. The van der Waals surface area contributed by atoms with Gasteiger partial charge in [-0.25, -0.2) is 0 Å².